The van der Waals surface area contributed by atoms with Crippen molar-refractivity contribution in [2.24, 2.45) is 0 Å². The molecule has 0 aromatic heterocycles. The van der Waals surface area contributed by atoms with Gasteiger partial charge >= 0.3 is 0 Å². The Bertz CT molecular complexity index is 233. The highest BCUT2D eigenvalue weighted by Crippen LogP contribution is 2.14. The van der Waals surface area contributed by atoms with Crippen LogP contribution in [0, 0.1) is 0 Å². The molecule has 0 bridgehead atoms. The number of rotatable bonds is 10. The highest BCUT2D eigenvalue weighted by Gasteiger charge is 2.16. The fourth-order valence-electron chi connectivity index (χ4n) is 2.01. The largest absolute Gasteiger partial charge is 0.482 e. The Labute approximate surface area is 124 Å². The van der Waals surface area contributed by atoms with Gasteiger partial charge in [0.05, 0.1) is 6.10 Å². The quantitative estimate of drug-likeness (QED) is 0.452. The van der Waals surface area contributed by atoms with Crippen LogP contribution in [-0.4, -0.2) is 21.9 Å². The third-order valence-electron chi connectivity index (χ3n) is 2.96. The van der Waals surface area contributed by atoms with Gasteiger partial charge in [0, 0.05) is 6.42 Å². The van der Waals surface area contributed by atoms with Crippen LogP contribution in [0.3, 0.4) is 0 Å². The van der Waals surface area contributed by atoms with E-state index in [1.807, 2.05) is 20.8 Å². The molecule has 0 rings (SSSR count). The molecule has 114 valence electrons. The monoisotopic (exact) mass is 288 g/mol. The van der Waals surface area contributed by atoms with Crippen LogP contribution < -0.4 is 0 Å². The van der Waals surface area contributed by atoms with E-state index in [1.165, 1.54) is 38.5 Å². The first-order valence-corrected chi connectivity index (χ1v) is 8.16. The van der Waals surface area contributed by atoms with Crippen molar-refractivity contribution in [1.29, 1.82) is 0 Å². The van der Waals surface area contributed by atoms with Gasteiger partial charge in [-0.1, -0.05) is 51.9 Å². The second kappa shape index (κ2) is 10.6. The van der Waals surface area contributed by atoms with Crippen molar-refractivity contribution < 1.29 is 9.84 Å². The maximum absolute atomic E-state index is 9.89. The predicted molar refractivity (Wildman–Crippen MR) is 86.7 cm³/mol. The molecule has 1 N–H and O–H groups in total. The molecule has 0 aromatic carbocycles. The van der Waals surface area contributed by atoms with E-state index in [1.54, 1.807) is 0 Å². The Hall–Kier alpha value is -0.150. The van der Waals surface area contributed by atoms with Gasteiger partial charge < -0.3 is 9.84 Å². The van der Waals surface area contributed by atoms with Gasteiger partial charge in [0.25, 0.3) is 0 Å². The molecule has 0 aromatic rings. The fraction of sp³-hybridized carbons (Fsp3) is 0.938. The molecular weight excluding hydrogens is 256 g/mol. The number of hydrogen-bond donors (Lipinski definition) is 1. The van der Waals surface area contributed by atoms with E-state index in [-0.39, 0.29) is 11.7 Å². The molecule has 2 nitrogen and oxygen atoms in total. The summed E-state index contributed by atoms with van der Waals surface area (Å²) in [5.74, 6) is 0. The van der Waals surface area contributed by atoms with Gasteiger partial charge in [-0.25, -0.2) is 0 Å². The lowest BCUT2D eigenvalue weighted by Crippen LogP contribution is -2.25. The van der Waals surface area contributed by atoms with Crippen LogP contribution in [0.15, 0.2) is 0 Å². The summed E-state index contributed by atoms with van der Waals surface area (Å²) in [5.41, 5.74) is -0.254. The third kappa shape index (κ3) is 14.1. The summed E-state index contributed by atoms with van der Waals surface area (Å²) in [6.07, 6.45) is 9.90. The summed E-state index contributed by atoms with van der Waals surface area (Å²) in [4.78, 5) is 0. The molecule has 0 spiro atoms. The second-order valence-electron chi connectivity index (χ2n) is 6.35. The highest BCUT2D eigenvalue weighted by atomic mass is 32.1. The molecule has 19 heavy (non-hydrogen) atoms. The van der Waals surface area contributed by atoms with Crippen molar-refractivity contribution >= 4 is 17.3 Å². The molecule has 1 atom stereocenters. The zero-order valence-electron chi connectivity index (χ0n) is 13.2. The summed E-state index contributed by atoms with van der Waals surface area (Å²) in [7, 11) is 0. The topological polar surface area (TPSA) is 29.5 Å². The minimum Gasteiger partial charge on any atom is -0.482 e. The van der Waals surface area contributed by atoms with Crippen molar-refractivity contribution in [3.05, 3.63) is 0 Å². The molecule has 0 fully saturated rings. The third-order valence-corrected chi connectivity index (χ3v) is 3.21. The number of hydrogen-bond acceptors (Lipinski definition) is 3. The lowest BCUT2D eigenvalue weighted by Gasteiger charge is -2.22. The van der Waals surface area contributed by atoms with E-state index in [0.29, 0.717) is 11.5 Å². The molecule has 0 saturated carbocycles. The first kappa shape index (κ1) is 18.9. The number of aliphatic hydroxyl groups excluding tert-OH is 1. The van der Waals surface area contributed by atoms with E-state index in [0.717, 1.165) is 12.8 Å². The molecule has 0 radical (unpaired) electrons. The maximum atomic E-state index is 9.89. The summed E-state index contributed by atoms with van der Waals surface area (Å²) >= 11 is 5.15. The molecule has 0 saturated heterocycles. The Morgan fingerprint density at radius 2 is 1.58 bits per heavy atom. The first-order valence-electron chi connectivity index (χ1n) is 7.75. The van der Waals surface area contributed by atoms with Gasteiger partial charge in [-0.15, -0.1) is 0 Å². The Balaban J connectivity index is 3.49. The van der Waals surface area contributed by atoms with E-state index in [2.05, 4.69) is 6.92 Å². The van der Waals surface area contributed by atoms with Crippen molar-refractivity contribution in [2.75, 3.05) is 0 Å². The molecule has 1 unspecified atom stereocenters. The Morgan fingerprint density at radius 3 is 2.11 bits per heavy atom. The van der Waals surface area contributed by atoms with Crippen molar-refractivity contribution in [3.63, 3.8) is 0 Å². The minimum atomic E-state index is -0.342. The standard InChI is InChI=1S/C16H32O2S/c1-5-6-7-8-9-10-11-12-14(17)13-15(19)18-16(2,3)4/h14,17H,5-13H2,1-4H3. The van der Waals surface area contributed by atoms with E-state index in [9.17, 15) is 5.11 Å². The molecular formula is C16H32O2S. The van der Waals surface area contributed by atoms with E-state index < -0.39 is 0 Å². The summed E-state index contributed by atoms with van der Waals surface area (Å²) < 4.78 is 5.55. The van der Waals surface area contributed by atoms with Crippen LogP contribution in [-0.2, 0) is 4.74 Å². The highest BCUT2D eigenvalue weighted by molar-refractivity contribution is 7.80. The average Bonchev–Trinajstić information content (AvgIpc) is 2.25. The fourth-order valence-corrected chi connectivity index (χ4v) is 2.46. The number of unbranched alkanes of at least 4 members (excludes halogenated alkanes) is 6. The van der Waals surface area contributed by atoms with Crippen molar-refractivity contribution in [3.8, 4) is 0 Å². The molecule has 0 heterocycles. The molecule has 3 heteroatoms. The van der Waals surface area contributed by atoms with Crippen molar-refractivity contribution in [1.82, 2.24) is 0 Å². The molecule has 0 aliphatic rings. The summed E-state index contributed by atoms with van der Waals surface area (Å²) in [5, 5.41) is 10.4. The van der Waals surface area contributed by atoms with Gasteiger partial charge in [0.15, 0.2) is 5.05 Å². The average molecular weight is 288 g/mol. The predicted octanol–water partition coefficient (Wildman–Crippen LogP) is 5.02. The van der Waals surface area contributed by atoms with Crippen LogP contribution in [0.1, 0.15) is 85.5 Å². The van der Waals surface area contributed by atoms with Gasteiger partial charge in [0.1, 0.15) is 5.60 Å². The first-order chi connectivity index (χ1) is 8.85. The van der Waals surface area contributed by atoms with Gasteiger partial charge in [-0.05, 0) is 39.4 Å². The SMILES string of the molecule is CCCCCCCCCC(O)CC(=S)OC(C)(C)C. The van der Waals surface area contributed by atoms with Gasteiger partial charge in [-0.3, -0.25) is 0 Å². The van der Waals surface area contributed by atoms with Crippen LogP contribution in [0.2, 0.25) is 0 Å². The number of aliphatic hydroxyl groups is 1. The number of thiocarbonyl (C=S) groups is 1. The zero-order chi connectivity index (χ0) is 14.7. The Morgan fingerprint density at radius 1 is 1.05 bits per heavy atom. The summed E-state index contributed by atoms with van der Waals surface area (Å²) in [6, 6.07) is 0. The minimum absolute atomic E-state index is 0.254. The Kier molecular flexibility index (Phi) is 10.5. The normalized spacial score (nSPS) is 13.3. The maximum Gasteiger partial charge on any atom is 0.163 e. The molecule has 0 amide bonds. The van der Waals surface area contributed by atoms with Crippen LogP contribution >= 0.6 is 12.2 Å². The van der Waals surface area contributed by atoms with Crippen LogP contribution in [0.4, 0.5) is 0 Å². The number of ether oxygens (including phenoxy) is 1. The van der Waals surface area contributed by atoms with Crippen LogP contribution in [0.5, 0.6) is 0 Å². The van der Waals surface area contributed by atoms with Gasteiger partial charge in [0.2, 0.25) is 0 Å². The second-order valence-corrected chi connectivity index (χ2v) is 6.81. The van der Waals surface area contributed by atoms with Gasteiger partial charge in [-0.2, -0.15) is 0 Å². The lowest BCUT2D eigenvalue weighted by atomic mass is 10.1. The van der Waals surface area contributed by atoms with Crippen molar-refractivity contribution in [2.45, 2.75) is 97.2 Å². The lowest BCUT2D eigenvalue weighted by molar-refractivity contribution is 0.102. The van der Waals surface area contributed by atoms with E-state index in [4.69, 9.17) is 17.0 Å². The summed E-state index contributed by atoms with van der Waals surface area (Å²) in [6.45, 7) is 8.16. The molecule has 0 aliphatic carbocycles. The molecule has 0 aliphatic heterocycles. The van der Waals surface area contributed by atoms with Crippen LogP contribution in [0.25, 0.3) is 0 Å². The smallest absolute Gasteiger partial charge is 0.163 e. The van der Waals surface area contributed by atoms with E-state index >= 15 is 0 Å². The zero-order valence-corrected chi connectivity index (χ0v) is 14.0.